The highest BCUT2D eigenvalue weighted by atomic mass is 35.5. The summed E-state index contributed by atoms with van der Waals surface area (Å²) in [6, 6.07) is 0. The van der Waals surface area contributed by atoms with Gasteiger partial charge in [-0.05, 0) is 11.6 Å². The van der Waals surface area contributed by atoms with Crippen molar-refractivity contribution in [2.45, 2.75) is 12.5 Å². The summed E-state index contributed by atoms with van der Waals surface area (Å²) in [5.41, 5.74) is 0. The number of aliphatic hydroxyl groups is 1. The number of aromatic nitrogens is 3. The number of alkyl halides is 2. The van der Waals surface area contributed by atoms with E-state index in [1.54, 1.807) is 7.05 Å². The first-order chi connectivity index (χ1) is 7.52. The quantitative estimate of drug-likeness (QED) is 0.713. The predicted octanol–water partition coefficient (Wildman–Crippen LogP) is 0.605. The second kappa shape index (κ2) is 5.71. The van der Waals surface area contributed by atoms with Crippen LogP contribution in [0.5, 0.6) is 0 Å². The monoisotopic (exact) mass is 253 g/mol. The minimum absolute atomic E-state index is 0.0176. The largest absolute Gasteiger partial charge is 0.385 e. The van der Waals surface area contributed by atoms with Gasteiger partial charge in [-0.2, -0.15) is 15.0 Å². The molecule has 90 valence electrons. The van der Waals surface area contributed by atoms with E-state index in [4.69, 9.17) is 16.7 Å². The van der Waals surface area contributed by atoms with Gasteiger partial charge < -0.3 is 15.7 Å². The second-order valence-corrected chi connectivity index (χ2v) is 3.12. The molecule has 0 saturated heterocycles. The van der Waals surface area contributed by atoms with Gasteiger partial charge in [0, 0.05) is 13.6 Å². The zero-order valence-electron chi connectivity index (χ0n) is 8.28. The lowest BCUT2D eigenvalue weighted by molar-refractivity contribution is 0.00376. The van der Waals surface area contributed by atoms with E-state index in [1.165, 1.54) is 0 Å². The summed E-state index contributed by atoms with van der Waals surface area (Å²) in [5.74, 6) is 0.220. The third kappa shape index (κ3) is 3.70. The van der Waals surface area contributed by atoms with Gasteiger partial charge in [0.15, 0.2) is 0 Å². The number of anilines is 2. The van der Waals surface area contributed by atoms with E-state index in [-0.39, 0.29) is 23.7 Å². The summed E-state index contributed by atoms with van der Waals surface area (Å²) in [6.45, 7) is -0.374. The molecule has 0 radical (unpaired) electrons. The van der Waals surface area contributed by atoms with Crippen LogP contribution in [0.4, 0.5) is 20.7 Å². The number of aliphatic hydroxyl groups excluding tert-OH is 1. The minimum Gasteiger partial charge on any atom is -0.385 e. The Balaban J connectivity index is 2.63. The SMILES string of the molecule is CNc1nc(Cl)nc(NCC(O)C(F)F)n1. The first-order valence-corrected chi connectivity index (χ1v) is 4.70. The summed E-state index contributed by atoms with van der Waals surface area (Å²) in [6.07, 6.45) is -4.61. The molecule has 1 rings (SSSR count). The average Bonchev–Trinajstić information content (AvgIpc) is 2.24. The van der Waals surface area contributed by atoms with Crippen LogP contribution < -0.4 is 10.6 Å². The highest BCUT2D eigenvalue weighted by Crippen LogP contribution is 2.09. The maximum absolute atomic E-state index is 12.0. The van der Waals surface area contributed by atoms with Gasteiger partial charge >= 0.3 is 0 Å². The zero-order valence-corrected chi connectivity index (χ0v) is 9.04. The first kappa shape index (κ1) is 12.8. The van der Waals surface area contributed by atoms with E-state index < -0.39 is 12.5 Å². The molecule has 1 unspecified atom stereocenters. The van der Waals surface area contributed by atoms with Gasteiger partial charge in [-0.3, -0.25) is 0 Å². The lowest BCUT2D eigenvalue weighted by Crippen LogP contribution is -2.27. The molecule has 0 spiro atoms. The number of nitrogens with zero attached hydrogens (tertiary/aromatic N) is 3. The number of rotatable bonds is 5. The van der Waals surface area contributed by atoms with Gasteiger partial charge in [0.2, 0.25) is 17.2 Å². The van der Waals surface area contributed by atoms with Crippen molar-refractivity contribution in [3.8, 4) is 0 Å². The first-order valence-electron chi connectivity index (χ1n) is 4.32. The van der Waals surface area contributed by atoms with Crippen molar-refractivity contribution < 1.29 is 13.9 Å². The molecule has 16 heavy (non-hydrogen) atoms. The Morgan fingerprint density at radius 2 is 1.94 bits per heavy atom. The smallest absolute Gasteiger partial charge is 0.265 e. The molecule has 0 aliphatic carbocycles. The van der Waals surface area contributed by atoms with Gasteiger partial charge in [0.1, 0.15) is 6.10 Å². The Morgan fingerprint density at radius 3 is 2.50 bits per heavy atom. The van der Waals surface area contributed by atoms with Gasteiger partial charge in [-0.25, -0.2) is 8.78 Å². The highest BCUT2D eigenvalue weighted by molar-refractivity contribution is 6.28. The molecule has 0 aliphatic heterocycles. The molecule has 0 aliphatic rings. The fourth-order valence-corrected chi connectivity index (χ4v) is 0.986. The lowest BCUT2D eigenvalue weighted by Gasteiger charge is -2.10. The molecular weight excluding hydrogens is 244 g/mol. The van der Waals surface area contributed by atoms with Crippen molar-refractivity contribution >= 4 is 23.5 Å². The van der Waals surface area contributed by atoms with E-state index in [2.05, 4.69) is 25.6 Å². The van der Waals surface area contributed by atoms with Crippen LogP contribution in [-0.2, 0) is 0 Å². The third-order valence-corrected chi connectivity index (χ3v) is 1.76. The van der Waals surface area contributed by atoms with Gasteiger partial charge in [0.05, 0.1) is 0 Å². The van der Waals surface area contributed by atoms with Crippen LogP contribution in [0, 0.1) is 0 Å². The summed E-state index contributed by atoms with van der Waals surface area (Å²) in [7, 11) is 1.57. The van der Waals surface area contributed by atoms with Crippen LogP contribution in [0.2, 0.25) is 5.28 Å². The van der Waals surface area contributed by atoms with Crippen LogP contribution in [0.15, 0.2) is 0 Å². The van der Waals surface area contributed by atoms with E-state index in [9.17, 15) is 8.78 Å². The van der Waals surface area contributed by atoms with Gasteiger partial charge in [-0.15, -0.1) is 0 Å². The summed E-state index contributed by atoms with van der Waals surface area (Å²) >= 11 is 5.55. The Morgan fingerprint density at radius 1 is 1.31 bits per heavy atom. The van der Waals surface area contributed by atoms with Crippen molar-refractivity contribution in [3.63, 3.8) is 0 Å². The Labute approximate surface area is 95.1 Å². The molecule has 0 saturated carbocycles. The van der Waals surface area contributed by atoms with E-state index in [1.807, 2.05) is 0 Å². The zero-order chi connectivity index (χ0) is 12.1. The Kier molecular flexibility index (Phi) is 4.56. The summed E-state index contributed by atoms with van der Waals surface area (Å²) in [5, 5.41) is 13.8. The highest BCUT2D eigenvalue weighted by Gasteiger charge is 2.16. The molecule has 1 aromatic heterocycles. The van der Waals surface area contributed by atoms with Crippen molar-refractivity contribution in [2.75, 3.05) is 24.2 Å². The molecule has 1 aromatic rings. The standard InChI is InChI=1S/C7H10ClF2N5O/c1-11-6-13-5(8)14-7(15-6)12-2-3(16)4(9)10/h3-4,16H,2H2,1H3,(H2,11,12,13,14,15). The Hall–Kier alpha value is -1.28. The maximum Gasteiger partial charge on any atom is 0.265 e. The molecule has 6 nitrogen and oxygen atoms in total. The molecule has 1 atom stereocenters. The molecule has 0 fully saturated rings. The van der Waals surface area contributed by atoms with Crippen LogP contribution in [0.25, 0.3) is 0 Å². The summed E-state index contributed by atoms with van der Waals surface area (Å²) < 4.78 is 23.9. The number of nitrogens with one attached hydrogen (secondary N) is 2. The molecule has 3 N–H and O–H groups in total. The fourth-order valence-electron chi connectivity index (χ4n) is 0.826. The molecular formula is C7H10ClF2N5O. The minimum atomic E-state index is -2.83. The topological polar surface area (TPSA) is 83.0 Å². The van der Waals surface area contributed by atoms with Crippen molar-refractivity contribution in [1.82, 2.24) is 15.0 Å². The van der Waals surface area contributed by atoms with Crippen LogP contribution >= 0.6 is 11.6 Å². The molecule has 0 aromatic carbocycles. The third-order valence-electron chi connectivity index (χ3n) is 1.59. The number of hydrogen-bond acceptors (Lipinski definition) is 6. The van der Waals surface area contributed by atoms with Gasteiger partial charge in [0.25, 0.3) is 6.43 Å². The summed E-state index contributed by atoms with van der Waals surface area (Å²) in [4.78, 5) is 11.1. The maximum atomic E-state index is 12.0. The van der Waals surface area contributed by atoms with Crippen LogP contribution in [0.1, 0.15) is 0 Å². The normalized spacial score (nSPS) is 12.6. The van der Waals surface area contributed by atoms with Gasteiger partial charge in [-0.1, -0.05) is 0 Å². The van der Waals surface area contributed by atoms with E-state index >= 15 is 0 Å². The molecule has 1 heterocycles. The van der Waals surface area contributed by atoms with E-state index in [0.29, 0.717) is 0 Å². The average molecular weight is 254 g/mol. The lowest BCUT2D eigenvalue weighted by atomic mass is 10.4. The number of hydrogen-bond donors (Lipinski definition) is 3. The Bertz CT molecular complexity index is 354. The van der Waals surface area contributed by atoms with Crippen LogP contribution in [-0.4, -0.2) is 46.2 Å². The molecule has 9 heteroatoms. The van der Waals surface area contributed by atoms with Crippen molar-refractivity contribution in [3.05, 3.63) is 5.28 Å². The second-order valence-electron chi connectivity index (χ2n) is 2.78. The predicted molar refractivity (Wildman–Crippen MR) is 54.9 cm³/mol. The number of halogens is 3. The van der Waals surface area contributed by atoms with Crippen LogP contribution in [0.3, 0.4) is 0 Å². The van der Waals surface area contributed by atoms with Crippen molar-refractivity contribution in [1.29, 1.82) is 0 Å². The molecule has 0 bridgehead atoms. The van der Waals surface area contributed by atoms with Crippen molar-refractivity contribution in [2.24, 2.45) is 0 Å². The molecule has 0 amide bonds. The fraction of sp³-hybridized carbons (Fsp3) is 0.571. The van der Waals surface area contributed by atoms with E-state index in [0.717, 1.165) is 0 Å².